The first-order valence-corrected chi connectivity index (χ1v) is 4.88. The molecule has 0 bridgehead atoms. The Morgan fingerprint density at radius 1 is 1.41 bits per heavy atom. The molecular formula is C11H9IrN4O-. The van der Waals surface area contributed by atoms with Gasteiger partial charge in [-0.1, -0.05) is 11.6 Å². The maximum Gasteiger partial charge on any atom is 0.180 e. The first-order chi connectivity index (χ1) is 7.75. The summed E-state index contributed by atoms with van der Waals surface area (Å²) in [6.07, 6.45) is 1.51. The largest absolute Gasteiger partial charge is 0.461 e. The van der Waals surface area contributed by atoms with Gasteiger partial charge in [-0.15, -0.1) is 12.1 Å². The molecule has 1 aromatic carbocycles. The summed E-state index contributed by atoms with van der Waals surface area (Å²) in [5.41, 5.74) is 2.33. The zero-order valence-corrected chi connectivity index (χ0v) is 11.7. The predicted octanol–water partition coefficient (Wildman–Crippen LogP) is 1.73. The maximum atomic E-state index is 5.46. The van der Waals surface area contributed by atoms with Crippen LogP contribution >= 0.6 is 0 Å². The fraction of sp³-hybridized carbons (Fsp3) is 0.182. The van der Waals surface area contributed by atoms with Crippen molar-refractivity contribution in [2.45, 2.75) is 6.92 Å². The van der Waals surface area contributed by atoms with Gasteiger partial charge in [0.25, 0.3) is 0 Å². The zero-order chi connectivity index (χ0) is 11.1. The van der Waals surface area contributed by atoms with Gasteiger partial charge in [-0.2, -0.15) is 5.10 Å². The molecule has 0 aliphatic rings. The van der Waals surface area contributed by atoms with Gasteiger partial charge in [0, 0.05) is 39.6 Å². The minimum atomic E-state index is 0. The van der Waals surface area contributed by atoms with Crippen molar-refractivity contribution in [2.75, 3.05) is 0 Å². The second-order valence-corrected chi connectivity index (χ2v) is 3.51. The van der Waals surface area contributed by atoms with Gasteiger partial charge in [0.15, 0.2) is 5.89 Å². The Bertz CT molecular complexity index is 658. The van der Waals surface area contributed by atoms with Crippen molar-refractivity contribution in [3.05, 3.63) is 30.4 Å². The number of hydrogen-bond acceptors (Lipinski definition) is 4. The number of fused-ring (bicyclic) bond motifs is 1. The van der Waals surface area contributed by atoms with E-state index in [2.05, 4.69) is 21.1 Å². The average molecular weight is 405 g/mol. The first-order valence-electron chi connectivity index (χ1n) is 4.88. The molecule has 17 heavy (non-hydrogen) atoms. The van der Waals surface area contributed by atoms with E-state index in [9.17, 15) is 0 Å². The van der Waals surface area contributed by atoms with E-state index in [1.165, 1.54) is 6.33 Å². The standard InChI is InChI=1S/C11H9N4O.Ir/c1-7-14-10-8(4-3-5-9(10)16-7)11-12-6-13-15(11)2;/h3,5-6H,1-2H3;/q-1;. The van der Waals surface area contributed by atoms with Gasteiger partial charge in [0.1, 0.15) is 6.33 Å². The zero-order valence-electron chi connectivity index (χ0n) is 9.26. The molecule has 0 atom stereocenters. The average Bonchev–Trinajstić information content (AvgIpc) is 2.82. The van der Waals surface area contributed by atoms with Crippen LogP contribution in [0, 0.1) is 13.0 Å². The molecule has 89 valence electrons. The number of nitrogens with zero attached hydrogens (tertiary/aromatic N) is 4. The Kier molecular flexibility index (Phi) is 3.09. The number of aryl methyl sites for hydroxylation is 2. The van der Waals surface area contributed by atoms with Crippen LogP contribution in [0.25, 0.3) is 22.5 Å². The van der Waals surface area contributed by atoms with Crippen molar-refractivity contribution in [3.8, 4) is 11.4 Å². The van der Waals surface area contributed by atoms with E-state index in [0.29, 0.717) is 5.89 Å². The molecule has 2 heterocycles. The van der Waals surface area contributed by atoms with Crippen LogP contribution < -0.4 is 0 Å². The fourth-order valence-electron chi connectivity index (χ4n) is 1.70. The van der Waals surface area contributed by atoms with Crippen molar-refractivity contribution in [2.24, 2.45) is 7.05 Å². The fourth-order valence-corrected chi connectivity index (χ4v) is 1.70. The summed E-state index contributed by atoms with van der Waals surface area (Å²) in [4.78, 5) is 8.52. The Labute approximate surface area is 111 Å². The molecule has 0 unspecified atom stereocenters. The topological polar surface area (TPSA) is 56.7 Å². The molecule has 2 aromatic heterocycles. The van der Waals surface area contributed by atoms with Crippen molar-refractivity contribution >= 4 is 11.1 Å². The van der Waals surface area contributed by atoms with Crippen LogP contribution in [-0.2, 0) is 27.2 Å². The maximum absolute atomic E-state index is 5.46. The smallest absolute Gasteiger partial charge is 0.180 e. The molecule has 0 spiro atoms. The van der Waals surface area contributed by atoms with Crippen LogP contribution in [0.5, 0.6) is 0 Å². The predicted molar refractivity (Wildman–Crippen MR) is 57.6 cm³/mol. The minimum absolute atomic E-state index is 0. The summed E-state index contributed by atoms with van der Waals surface area (Å²) < 4.78 is 7.15. The summed E-state index contributed by atoms with van der Waals surface area (Å²) >= 11 is 0. The molecule has 3 aromatic rings. The van der Waals surface area contributed by atoms with Gasteiger partial charge in [0.05, 0.1) is 11.4 Å². The molecule has 0 fully saturated rings. The van der Waals surface area contributed by atoms with E-state index in [1.54, 1.807) is 10.7 Å². The summed E-state index contributed by atoms with van der Waals surface area (Å²) in [5.74, 6) is 1.37. The third kappa shape index (κ3) is 1.90. The van der Waals surface area contributed by atoms with Crippen LogP contribution in [0.4, 0.5) is 0 Å². The van der Waals surface area contributed by atoms with Gasteiger partial charge >= 0.3 is 0 Å². The van der Waals surface area contributed by atoms with Gasteiger partial charge < -0.3 is 4.42 Å². The van der Waals surface area contributed by atoms with Crippen LogP contribution in [0.1, 0.15) is 5.89 Å². The van der Waals surface area contributed by atoms with Gasteiger partial charge in [-0.25, -0.2) is 0 Å². The summed E-state index contributed by atoms with van der Waals surface area (Å²) in [6, 6.07) is 6.77. The monoisotopic (exact) mass is 406 g/mol. The van der Waals surface area contributed by atoms with Gasteiger partial charge in [-0.3, -0.25) is 14.6 Å². The van der Waals surface area contributed by atoms with E-state index >= 15 is 0 Å². The summed E-state index contributed by atoms with van der Waals surface area (Å²) in [6.45, 7) is 1.82. The molecule has 0 saturated carbocycles. The van der Waals surface area contributed by atoms with E-state index in [1.807, 2.05) is 20.0 Å². The number of hydrogen-bond donors (Lipinski definition) is 0. The molecule has 0 amide bonds. The normalized spacial score (nSPS) is 10.5. The third-order valence-electron chi connectivity index (χ3n) is 2.39. The second kappa shape index (κ2) is 4.39. The number of rotatable bonds is 1. The molecule has 0 saturated heterocycles. The van der Waals surface area contributed by atoms with E-state index in [0.717, 1.165) is 22.5 Å². The minimum Gasteiger partial charge on any atom is -0.461 e. The Hall–Kier alpha value is -1.52. The summed E-state index contributed by atoms with van der Waals surface area (Å²) in [5, 5.41) is 4.03. The van der Waals surface area contributed by atoms with Crippen molar-refractivity contribution < 1.29 is 24.5 Å². The third-order valence-corrected chi connectivity index (χ3v) is 2.39. The van der Waals surface area contributed by atoms with Crippen molar-refractivity contribution in [1.82, 2.24) is 19.7 Å². The SMILES string of the molecule is Cc1nc2c(-c3ncnn3C)[c-]ccc2o1.[Ir]. The molecule has 5 nitrogen and oxygen atoms in total. The van der Waals surface area contributed by atoms with E-state index < -0.39 is 0 Å². The number of oxazole rings is 1. The van der Waals surface area contributed by atoms with E-state index in [4.69, 9.17) is 4.42 Å². The van der Waals surface area contributed by atoms with Crippen LogP contribution in [0.2, 0.25) is 0 Å². The molecule has 6 heteroatoms. The summed E-state index contributed by atoms with van der Waals surface area (Å²) in [7, 11) is 1.84. The van der Waals surface area contributed by atoms with Crippen molar-refractivity contribution in [1.29, 1.82) is 0 Å². The second-order valence-electron chi connectivity index (χ2n) is 3.51. The Morgan fingerprint density at radius 2 is 2.24 bits per heavy atom. The Morgan fingerprint density at radius 3 is 2.94 bits per heavy atom. The molecular weight excluding hydrogens is 396 g/mol. The van der Waals surface area contributed by atoms with Gasteiger partial charge in [0.2, 0.25) is 0 Å². The molecule has 3 rings (SSSR count). The Balaban J connectivity index is 0.00000108. The quantitative estimate of drug-likeness (QED) is 0.579. The van der Waals surface area contributed by atoms with Crippen LogP contribution in [-0.4, -0.2) is 19.7 Å². The number of benzene rings is 1. The molecule has 0 N–H and O–H groups in total. The van der Waals surface area contributed by atoms with E-state index in [-0.39, 0.29) is 20.1 Å². The molecule has 0 aliphatic heterocycles. The molecule has 1 radical (unpaired) electrons. The van der Waals surface area contributed by atoms with Crippen molar-refractivity contribution in [3.63, 3.8) is 0 Å². The molecule has 0 aliphatic carbocycles. The van der Waals surface area contributed by atoms with Crippen LogP contribution in [0.15, 0.2) is 22.9 Å². The van der Waals surface area contributed by atoms with Gasteiger partial charge in [-0.05, 0) is 0 Å². The van der Waals surface area contributed by atoms with Crippen LogP contribution in [0.3, 0.4) is 0 Å². The first kappa shape index (κ1) is 12.0. The number of aromatic nitrogens is 4.